The third kappa shape index (κ3) is 3.08. The fourth-order valence-electron chi connectivity index (χ4n) is 1.07. The molecular formula is C10H14ClNOS. The van der Waals surface area contributed by atoms with E-state index in [4.69, 9.17) is 17.3 Å². The van der Waals surface area contributed by atoms with E-state index in [0.717, 1.165) is 9.21 Å². The highest BCUT2D eigenvalue weighted by Gasteiger charge is 2.17. The van der Waals surface area contributed by atoms with Crippen LogP contribution in [-0.2, 0) is 11.2 Å². The van der Waals surface area contributed by atoms with Gasteiger partial charge in [0, 0.05) is 23.3 Å². The average molecular weight is 232 g/mol. The minimum atomic E-state index is -0.0872. The zero-order valence-electron chi connectivity index (χ0n) is 8.29. The first-order valence-corrected chi connectivity index (χ1v) is 5.72. The standard InChI is InChI=1S/C10H14ClNOS/c1-6(7(2)12)9(13)5-8-3-4-10(11)14-8/h3-4,6-7H,5,12H2,1-2H3. The zero-order chi connectivity index (χ0) is 10.7. The van der Waals surface area contributed by atoms with Gasteiger partial charge in [-0.25, -0.2) is 0 Å². The minimum Gasteiger partial charge on any atom is -0.327 e. The highest BCUT2D eigenvalue weighted by molar-refractivity contribution is 7.16. The van der Waals surface area contributed by atoms with Gasteiger partial charge in [0.1, 0.15) is 5.78 Å². The summed E-state index contributed by atoms with van der Waals surface area (Å²) >= 11 is 7.22. The number of hydrogen-bond donors (Lipinski definition) is 1. The number of carbonyl (C=O) groups excluding carboxylic acids is 1. The van der Waals surface area contributed by atoms with E-state index in [1.165, 1.54) is 11.3 Å². The van der Waals surface area contributed by atoms with Gasteiger partial charge in [-0.15, -0.1) is 11.3 Å². The van der Waals surface area contributed by atoms with Crippen LogP contribution in [0, 0.1) is 5.92 Å². The number of hydrogen-bond acceptors (Lipinski definition) is 3. The molecule has 2 atom stereocenters. The maximum atomic E-state index is 11.6. The Balaban J connectivity index is 2.57. The Hall–Kier alpha value is -0.380. The van der Waals surface area contributed by atoms with Crippen LogP contribution in [0.25, 0.3) is 0 Å². The molecular weight excluding hydrogens is 218 g/mol. The van der Waals surface area contributed by atoms with Crippen molar-refractivity contribution >= 4 is 28.7 Å². The second-order valence-electron chi connectivity index (χ2n) is 3.50. The summed E-state index contributed by atoms with van der Waals surface area (Å²) in [6.07, 6.45) is 0.445. The summed E-state index contributed by atoms with van der Waals surface area (Å²) in [5.41, 5.74) is 5.65. The molecule has 0 bridgehead atoms. The van der Waals surface area contributed by atoms with Crippen LogP contribution in [0.2, 0.25) is 4.34 Å². The summed E-state index contributed by atoms with van der Waals surface area (Å²) in [7, 11) is 0. The van der Waals surface area contributed by atoms with Crippen LogP contribution in [-0.4, -0.2) is 11.8 Å². The lowest BCUT2D eigenvalue weighted by atomic mass is 9.97. The molecule has 2 nitrogen and oxygen atoms in total. The first-order valence-electron chi connectivity index (χ1n) is 4.53. The Kier molecular flexibility index (Phi) is 4.11. The largest absolute Gasteiger partial charge is 0.327 e. The molecule has 2 N–H and O–H groups in total. The summed E-state index contributed by atoms with van der Waals surface area (Å²) in [6.45, 7) is 3.71. The van der Waals surface area contributed by atoms with Crippen molar-refractivity contribution in [3.8, 4) is 0 Å². The van der Waals surface area contributed by atoms with Crippen molar-refractivity contribution in [3.63, 3.8) is 0 Å². The number of carbonyl (C=O) groups is 1. The van der Waals surface area contributed by atoms with E-state index < -0.39 is 0 Å². The summed E-state index contributed by atoms with van der Waals surface area (Å²) in [5, 5.41) is 0. The van der Waals surface area contributed by atoms with Crippen molar-refractivity contribution in [2.24, 2.45) is 11.7 Å². The summed E-state index contributed by atoms with van der Waals surface area (Å²) in [4.78, 5) is 12.7. The monoisotopic (exact) mass is 231 g/mol. The molecule has 0 aliphatic heterocycles. The van der Waals surface area contributed by atoms with Gasteiger partial charge in [0.25, 0.3) is 0 Å². The van der Waals surface area contributed by atoms with E-state index in [1.54, 1.807) is 0 Å². The Labute approximate surface area is 93.1 Å². The van der Waals surface area contributed by atoms with Gasteiger partial charge in [0.15, 0.2) is 0 Å². The van der Waals surface area contributed by atoms with Crippen LogP contribution >= 0.6 is 22.9 Å². The van der Waals surface area contributed by atoms with Crippen molar-refractivity contribution in [2.45, 2.75) is 26.3 Å². The van der Waals surface area contributed by atoms with Gasteiger partial charge in [0.05, 0.1) is 4.34 Å². The third-order valence-corrected chi connectivity index (χ3v) is 3.50. The molecule has 14 heavy (non-hydrogen) atoms. The predicted molar refractivity (Wildman–Crippen MR) is 60.9 cm³/mol. The van der Waals surface area contributed by atoms with E-state index in [9.17, 15) is 4.79 Å². The molecule has 1 aromatic rings. The number of ketones is 1. The van der Waals surface area contributed by atoms with Crippen LogP contribution in [0.1, 0.15) is 18.7 Å². The van der Waals surface area contributed by atoms with Crippen LogP contribution in [0.5, 0.6) is 0 Å². The van der Waals surface area contributed by atoms with Gasteiger partial charge in [-0.05, 0) is 19.1 Å². The molecule has 1 aromatic heterocycles. The van der Waals surface area contributed by atoms with Crippen LogP contribution in [0.15, 0.2) is 12.1 Å². The van der Waals surface area contributed by atoms with Gasteiger partial charge >= 0.3 is 0 Å². The minimum absolute atomic E-state index is 0.0852. The second-order valence-corrected chi connectivity index (χ2v) is 5.30. The maximum absolute atomic E-state index is 11.6. The van der Waals surface area contributed by atoms with Gasteiger partial charge in [0.2, 0.25) is 0 Å². The Bertz CT molecular complexity index is 322. The smallest absolute Gasteiger partial charge is 0.142 e. The molecule has 0 aliphatic rings. The summed E-state index contributed by atoms with van der Waals surface area (Å²) < 4.78 is 0.723. The molecule has 2 unspecified atom stereocenters. The van der Waals surface area contributed by atoms with E-state index >= 15 is 0 Å². The number of halogens is 1. The van der Waals surface area contributed by atoms with Crippen LogP contribution < -0.4 is 5.73 Å². The molecule has 0 amide bonds. The summed E-state index contributed by atoms with van der Waals surface area (Å²) in [5.74, 6) is 0.0920. The van der Waals surface area contributed by atoms with Crippen molar-refractivity contribution in [1.29, 1.82) is 0 Å². The molecule has 1 rings (SSSR count). The molecule has 1 heterocycles. The van der Waals surface area contributed by atoms with Gasteiger partial charge < -0.3 is 5.73 Å². The lowest BCUT2D eigenvalue weighted by molar-refractivity contribution is -0.122. The van der Waals surface area contributed by atoms with Crippen molar-refractivity contribution < 1.29 is 4.79 Å². The van der Waals surface area contributed by atoms with E-state index in [1.807, 2.05) is 26.0 Å². The Morgan fingerprint density at radius 2 is 2.21 bits per heavy atom. The first kappa shape index (κ1) is 11.7. The van der Waals surface area contributed by atoms with Crippen molar-refractivity contribution in [2.75, 3.05) is 0 Å². The topological polar surface area (TPSA) is 43.1 Å². The highest BCUT2D eigenvalue weighted by atomic mass is 35.5. The lowest BCUT2D eigenvalue weighted by Crippen LogP contribution is -2.31. The van der Waals surface area contributed by atoms with Gasteiger partial charge in [-0.1, -0.05) is 18.5 Å². The normalized spacial score (nSPS) is 15.1. The number of thiophene rings is 1. The Morgan fingerprint density at radius 3 is 2.64 bits per heavy atom. The fourth-order valence-corrected chi connectivity index (χ4v) is 2.17. The molecule has 0 fully saturated rings. The number of Topliss-reactive ketones (excluding diaryl/α,β-unsaturated/α-hetero) is 1. The molecule has 4 heteroatoms. The van der Waals surface area contributed by atoms with E-state index in [2.05, 4.69) is 0 Å². The van der Waals surface area contributed by atoms with Gasteiger partial charge in [-0.2, -0.15) is 0 Å². The van der Waals surface area contributed by atoms with Crippen LogP contribution in [0.4, 0.5) is 0 Å². The number of rotatable bonds is 4. The summed E-state index contributed by atoms with van der Waals surface area (Å²) in [6, 6.07) is 3.61. The third-order valence-electron chi connectivity index (χ3n) is 2.27. The molecule has 78 valence electrons. The SMILES string of the molecule is CC(N)C(C)C(=O)Cc1ccc(Cl)s1. The fraction of sp³-hybridized carbons (Fsp3) is 0.500. The second kappa shape index (κ2) is 4.91. The molecule has 0 aromatic carbocycles. The molecule has 0 saturated heterocycles. The molecule has 0 spiro atoms. The predicted octanol–water partition coefficient (Wildman–Crippen LogP) is 2.50. The average Bonchev–Trinajstić information content (AvgIpc) is 2.49. The Morgan fingerprint density at radius 1 is 1.57 bits per heavy atom. The van der Waals surface area contributed by atoms with Gasteiger partial charge in [-0.3, -0.25) is 4.79 Å². The molecule has 0 saturated carbocycles. The van der Waals surface area contributed by atoms with E-state index in [0.29, 0.717) is 6.42 Å². The zero-order valence-corrected chi connectivity index (χ0v) is 9.86. The number of nitrogens with two attached hydrogens (primary N) is 1. The quantitative estimate of drug-likeness (QED) is 0.865. The first-order chi connectivity index (χ1) is 6.50. The van der Waals surface area contributed by atoms with Crippen molar-refractivity contribution in [3.05, 3.63) is 21.3 Å². The van der Waals surface area contributed by atoms with E-state index in [-0.39, 0.29) is 17.7 Å². The maximum Gasteiger partial charge on any atom is 0.142 e. The molecule has 0 aliphatic carbocycles. The highest BCUT2D eigenvalue weighted by Crippen LogP contribution is 2.22. The van der Waals surface area contributed by atoms with Crippen LogP contribution in [0.3, 0.4) is 0 Å². The van der Waals surface area contributed by atoms with Crippen molar-refractivity contribution in [1.82, 2.24) is 0 Å². The lowest BCUT2D eigenvalue weighted by Gasteiger charge is -2.13. The molecule has 0 radical (unpaired) electrons.